The maximum absolute atomic E-state index is 13.7. The molecule has 1 saturated heterocycles. The smallest absolute Gasteiger partial charge is 0.233 e. The molecule has 4 nitrogen and oxygen atoms in total. The van der Waals surface area contributed by atoms with E-state index in [0.29, 0.717) is 17.8 Å². The fraction of sp³-hybridized carbons (Fsp3) is 0.655. The quantitative estimate of drug-likeness (QED) is 0.461. The molecule has 6 rings (SSSR count). The van der Waals surface area contributed by atoms with Crippen molar-refractivity contribution in [1.29, 1.82) is 0 Å². The van der Waals surface area contributed by atoms with Crippen LogP contribution < -0.4 is 10.6 Å². The molecule has 3 aliphatic carbocycles. The maximum Gasteiger partial charge on any atom is 0.233 e. The lowest BCUT2D eigenvalue weighted by molar-refractivity contribution is -0.151. The van der Waals surface area contributed by atoms with Crippen molar-refractivity contribution in [2.75, 3.05) is 0 Å². The van der Waals surface area contributed by atoms with E-state index in [2.05, 4.69) is 53.4 Å². The van der Waals surface area contributed by atoms with Crippen molar-refractivity contribution < 1.29 is 9.59 Å². The highest BCUT2D eigenvalue weighted by Gasteiger charge is 2.60. The molecule has 1 aliphatic heterocycles. The molecule has 4 aliphatic rings. The van der Waals surface area contributed by atoms with Gasteiger partial charge in [0, 0.05) is 22.2 Å². The Morgan fingerprint density at radius 2 is 1.91 bits per heavy atom. The molecule has 0 spiro atoms. The van der Waals surface area contributed by atoms with E-state index in [1.807, 2.05) is 6.07 Å². The highest BCUT2D eigenvalue weighted by atomic mass is 32.1. The molecular formula is C29H38N2O2S2. The highest BCUT2D eigenvalue weighted by Crippen LogP contribution is 2.64. The van der Waals surface area contributed by atoms with Gasteiger partial charge in [0.05, 0.1) is 6.04 Å². The topological polar surface area (TPSA) is 58.2 Å². The van der Waals surface area contributed by atoms with E-state index in [-0.39, 0.29) is 29.3 Å². The van der Waals surface area contributed by atoms with Crippen LogP contribution in [0, 0.1) is 34.5 Å². The minimum atomic E-state index is -0.599. The minimum Gasteiger partial charge on any atom is -0.352 e. The second-order valence-corrected chi connectivity index (χ2v) is 14.2. The minimum absolute atomic E-state index is 0.00886. The summed E-state index contributed by atoms with van der Waals surface area (Å²) in [7, 11) is 0. The second-order valence-electron chi connectivity index (χ2n) is 12.2. The molecule has 3 heterocycles. The molecule has 35 heavy (non-hydrogen) atoms. The molecule has 0 bridgehead atoms. The van der Waals surface area contributed by atoms with Crippen LogP contribution >= 0.6 is 22.7 Å². The van der Waals surface area contributed by atoms with Crippen molar-refractivity contribution in [2.45, 2.75) is 83.7 Å². The first-order chi connectivity index (χ1) is 16.9. The molecule has 6 heteroatoms. The Bertz CT molecular complexity index is 1070. The largest absolute Gasteiger partial charge is 0.352 e. The molecule has 2 amide bonds. The van der Waals surface area contributed by atoms with Crippen LogP contribution in [0.1, 0.15) is 81.0 Å². The van der Waals surface area contributed by atoms with Crippen LogP contribution in [0.15, 0.2) is 35.0 Å². The van der Waals surface area contributed by atoms with E-state index in [4.69, 9.17) is 0 Å². The molecule has 3 unspecified atom stereocenters. The van der Waals surface area contributed by atoms with Gasteiger partial charge in [0.1, 0.15) is 5.92 Å². The van der Waals surface area contributed by atoms with Crippen LogP contribution in [0.25, 0.3) is 0 Å². The Morgan fingerprint density at radius 1 is 1.09 bits per heavy atom. The molecular weight excluding hydrogens is 472 g/mol. The molecule has 8 atom stereocenters. The van der Waals surface area contributed by atoms with E-state index in [1.165, 1.54) is 43.4 Å². The molecule has 0 aromatic carbocycles. The predicted molar refractivity (Wildman–Crippen MR) is 142 cm³/mol. The van der Waals surface area contributed by atoms with Crippen LogP contribution in [0.5, 0.6) is 0 Å². The van der Waals surface area contributed by atoms with Gasteiger partial charge in [0.25, 0.3) is 0 Å². The zero-order valence-electron chi connectivity index (χ0n) is 20.9. The van der Waals surface area contributed by atoms with Crippen LogP contribution in [-0.4, -0.2) is 17.9 Å². The van der Waals surface area contributed by atoms with Gasteiger partial charge in [-0.25, -0.2) is 0 Å². The number of thiophene rings is 2. The first kappa shape index (κ1) is 23.7. The van der Waals surface area contributed by atoms with Crippen molar-refractivity contribution >= 4 is 34.5 Å². The molecule has 2 aromatic heterocycles. The Balaban J connectivity index is 1.22. The molecule has 2 N–H and O–H groups in total. The third-order valence-electron chi connectivity index (χ3n) is 10.4. The van der Waals surface area contributed by atoms with Gasteiger partial charge in [-0.2, -0.15) is 0 Å². The van der Waals surface area contributed by atoms with Crippen molar-refractivity contribution in [3.05, 3.63) is 44.8 Å². The number of fused-ring (bicyclic) bond motifs is 5. The van der Waals surface area contributed by atoms with Crippen LogP contribution in [0.3, 0.4) is 0 Å². The summed E-state index contributed by atoms with van der Waals surface area (Å²) < 4.78 is 0. The van der Waals surface area contributed by atoms with Gasteiger partial charge in [0.2, 0.25) is 11.8 Å². The summed E-state index contributed by atoms with van der Waals surface area (Å²) in [6.07, 6.45) is 10.5. The maximum atomic E-state index is 13.7. The molecule has 2 aromatic rings. The fourth-order valence-electron chi connectivity index (χ4n) is 8.61. The van der Waals surface area contributed by atoms with E-state index in [9.17, 15) is 9.59 Å². The average Bonchev–Trinajstić information content (AvgIpc) is 3.60. The number of hydrogen-bond acceptors (Lipinski definition) is 4. The zero-order valence-corrected chi connectivity index (χ0v) is 22.6. The van der Waals surface area contributed by atoms with Crippen molar-refractivity contribution in [3.8, 4) is 0 Å². The van der Waals surface area contributed by atoms with Crippen LogP contribution in [-0.2, 0) is 16.0 Å². The number of amides is 2. The third kappa shape index (κ3) is 4.09. The lowest BCUT2D eigenvalue weighted by Gasteiger charge is -2.60. The lowest BCUT2D eigenvalue weighted by Crippen LogP contribution is -2.64. The van der Waals surface area contributed by atoms with Crippen LogP contribution in [0.4, 0.5) is 0 Å². The molecule has 4 fully saturated rings. The first-order valence-corrected chi connectivity index (χ1v) is 15.3. The molecule has 3 saturated carbocycles. The van der Waals surface area contributed by atoms with E-state index in [0.717, 1.165) is 29.6 Å². The van der Waals surface area contributed by atoms with E-state index < -0.39 is 5.92 Å². The normalized spacial score (nSPS) is 39.1. The van der Waals surface area contributed by atoms with E-state index in [1.54, 1.807) is 22.7 Å². The SMILES string of the molecule is C[C@@]12CCC[C@H]1[C@@H]1CCC3NC(=O)C(C(=O)NC(Cc4cccs4)c4cccs4)C[C@]3(C)[C@@H]1CC2. The van der Waals surface area contributed by atoms with Gasteiger partial charge >= 0.3 is 0 Å². The van der Waals surface area contributed by atoms with E-state index >= 15 is 0 Å². The van der Waals surface area contributed by atoms with Crippen molar-refractivity contribution in [1.82, 2.24) is 10.6 Å². The van der Waals surface area contributed by atoms with Crippen LogP contribution in [0.2, 0.25) is 0 Å². The predicted octanol–water partition coefficient (Wildman–Crippen LogP) is 6.35. The second kappa shape index (κ2) is 9.02. The molecule has 188 valence electrons. The summed E-state index contributed by atoms with van der Waals surface area (Å²) in [6, 6.07) is 8.43. The van der Waals surface area contributed by atoms with Gasteiger partial charge in [0.15, 0.2) is 0 Å². The fourth-order valence-corrected chi connectivity index (χ4v) is 10.1. The number of carbonyl (C=O) groups is 2. The number of piperidine rings is 1. The Kier molecular flexibility index (Phi) is 6.11. The number of nitrogens with one attached hydrogen (secondary N) is 2. The molecule has 0 radical (unpaired) electrons. The first-order valence-electron chi connectivity index (χ1n) is 13.5. The summed E-state index contributed by atoms with van der Waals surface area (Å²) in [5.74, 6) is 1.45. The summed E-state index contributed by atoms with van der Waals surface area (Å²) in [4.78, 5) is 29.3. The average molecular weight is 511 g/mol. The van der Waals surface area contributed by atoms with Crippen molar-refractivity contribution in [2.24, 2.45) is 34.5 Å². The summed E-state index contributed by atoms with van der Waals surface area (Å²) in [5, 5.41) is 10.8. The van der Waals surface area contributed by atoms with Crippen molar-refractivity contribution in [3.63, 3.8) is 0 Å². The lowest BCUT2D eigenvalue weighted by atomic mass is 9.47. The van der Waals surface area contributed by atoms with Gasteiger partial charge in [-0.15, -0.1) is 22.7 Å². The number of hydrogen-bond donors (Lipinski definition) is 2. The zero-order chi connectivity index (χ0) is 24.2. The Hall–Kier alpha value is -1.66. The number of rotatable bonds is 5. The summed E-state index contributed by atoms with van der Waals surface area (Å²) in [6.45, 7) is 4.93. The summed E-state index contributed by atoms with van der Waals surface area (Å²) in [5.41, 5.74) is 0.531. The standard InChI is InChI=1S/C29H38N2O2S2/c1-28-12-3-7-21(28)19-9-10-25-29(2,22(19)11-13-28)17-20(27(33)31-25)26(32)30-23(24-8-5-15-35-24)16-18-6-4-14-34-18/h4-6,8,14-15,19-23,25H,3,7,9-13,16-17H2,1-2H3,(H,30,32)(H,31,33)/t19-,20?,21-,22+,23?,25?,28-,29+/m0/s1. The number of carbonyl (C=O) groups excluding carboxylic acids is 2. The van der Waals surface area contributed by atoms with Gasteiger partial charge in [-0.05, 0) is 96.4 Å². The highest BCUT2D eigenvalue weighted by molar-refractivity contribution is 7.10. The third-order valence-corrected chi connectivity index (χ3v) is 12.3. The Morgan fingerprint density at radius 3 is 2.69 bits per heavy atom. The van der Waals surface area contributed by atoms with Gasteiger partial charge in [-0.1, -0.05) is 32.4 Å². The monoisotopic (exact) mass is 510 g/mol. The summed E-state index contributed by atoms with van der Waals surface area (Å²) >= 11 is 3.39. The Labute approximate surface area is 217 Å². The van der Waals surface area contributed by atoms with Gasteiger partial charge in [-0.3, -0.25) is 9.59 Å². The van der Waals surface area contributed by atoms with Gasteiger partial charge < -0.3 is 10.6 Å².